The molecule has 1 aliphatic rings. The summed E-state index contributed by atoms with van der Waals surface area (Å²) in [7, 11) is 1.61. The third-order valence-electron chi connectivity index (χ3n) is 5.54. The van der Waals surface area contributed by atoms with Crippen LogP contribution in [0.15, 0.2) is 42.5 Å². The highest BCUT2D eigenvalue weighted by atomic mass is 16.6. The van der Waals surface area contributed by atoms with E-state index in [4.69, 9.17) is 14.2 Å². The minimum Gasteiger partial charge on any atom is -0.496 e. The Morgan fingerprint density at radius 3 is 2.31 bits per heavy atom. The van der Waals surface area contributed by atoms with Crippen LogP contribution in [0.2, 0.25) is 0 Å². The molecule has 0 aliphatic carbocycles. The summed E-state index contributed by atoms with van der Waals surface area (Å²) in [6.45, 7) is 8.54. The van der Waals surface area contributed by atoms with Crippen LogP contribution < -0.4 is 9.47 Å². The van der Waals surface area contributed by atoms with Crippen molar-refractivity contribution in [2.75, 3.05) is 39.9 Å². The van der Waals surface area contributed by atoms with Crippen LogP contribution in [0.25, 0.3) is 0 Å². The van der Waals surface area contributed by atoms with Gasteiger partial charge in [0.25, 0.3) is 5.91 Å². The van der Waals surface area contributed by atoms with Gasteiger partial charge in [0, 0.05) is 37.3 Å². The van der Waals surface area contributed by atoms with Gasteiger partial charge in [-0.2, -0.15) is 0 Å². The quantitative estimate of drug-likeness (QED) is 0.642. The molecule has 2 aromatic carbocycles. The molecule has 2 amide bonds. The summed E-state index contributed by atoms with van der Waals surface area (Å²) in [5, 5.41) is 0. The van der Waals surface area contributed by atoms with Gasteiger partial charge in [-0.25, -0.2) is 4.79 Å². The van der Waals surface area contributed by atoms with Gasteiger partial charge in [-0.05, 0) is 42.7 Å². The van der Waals surface area contributed by atoms with E-state index in [-0.39, 0.29) is 12.0 Å². The molecule has 0 spiro atoms. The van der Waals surface area contributed by atoms with Gasteiger partial charge < -0.3 is 24.0 Å². The van der Waals surface area contributed by atoms with E-state index < -0.39 is 0 Å². The molecule has 1 saturated heterocycles. The van der Waals surface area contributed by atoms with Gasteiger partial charge in [0.05, 0.1) is 13.7 Å². The second-order valence-corrected chi connectivity index (χ2v) is 7.99. The number of hydrogen-bond acceptors (Lipinski definition) is 5. The van der Waals surface area contributed by atoms with Crippen LogP contribution in [0.3, 0.4) is 0 Å². The maximum atomic E-state index is 13.1. The molecule has 32 heavy (non-hydrogen) atoms. The Kier molecular flexibility index (Phi) is 7.98. The smallest absolute Gasteiger partial charge is 0.409 e. The minimum absolute atomic E-state index is 0.0695. The van der Waals surface area contributed by atoms with Gasteiger partial charge in [0.1, 0.15) is 18.1 Å². The molecule has 1 aliphatic heterocycles. The lowest BCUT2D eigenvalue weighted by Crippen LogP contribution is -2.50. The van der Waals surface area contributed by atoms with Crippen LogP contribution in [0, 0.1) is 0 Å². The molecular formula is C25H32N2O5. The Morgan fingerprint density at radius 1 is 0.969 bits per heavy atom. The van der Waals surface area contributed by atoms with E-state index in [0.29, 0.717) is 56.6 Å². The van der Waals surface area contributed by atoms with E-state index in [1.807, 2.05) is 24.3 Å². The van der Waals surface area contributed by atoms with Gasteiger partial charge in [0.15, 0.2) is 0 Å². The molecule has 0 atom stereocenters. The van der Waals surface area contributed by atoms with Crippen molar-refractivity contribution in [1.82, 2.24) is 9.80 Å². The molecule has 172 valence electrons. The summed E-state index contributed by atoms with van der Waals surface area (Å²) in [4.78, 5) is 28.4. The van der Waals surface area contributed by atoms with Crippen LogP contribution in [0.1, 0.15) is 48.2 Å². The molecule has 7 nitrogen and oxygen atoms in total. The van der Waals surface area contributed by atoms with E-state index in [1.54, 1.807) is 36.0 Å². The van der Waals surface area contributed by atoms with Crippen molar-refractivity contribution in [3.8, 4) is 11.5 Å². The summed E-state index contributed by atoms with van der Waals surface area (Å²) >= 11 is 0. The number of benzene rings is 2. The number of hydrogen-bond donors (Lipinski definition) is 0. The van der Waals surface area contributed by atoms with Crippen LogP contribution >= 0.6 is 0 Å². The third-order valence-corrected chi connectivity index (χ3v) is 5.54. The van der Waals surface area contributed by atoms with Crippen molar-refractivity contribution in [3.63, 3.8) is 0 Å². The average Bonchev–Trinajstić information content (AvgIpc) is 2.82. The predicted octanol–water partition coefficient (Wildman–Crippen LogP) is 4.31. The molecular weight excluding hydrogens is 408 g/mol. The molecule has 0 aromatic heterocycles. The molecule has 0 unspecified atom stereocenters. The monoisotopic (exact) mass is 440 g/mol. The van der Waals surface area contributed by atoms with Crippen molar-refractivity contribution in [3.05, 3.63) is 59.2 Å². The van der Waals surface area contributed by atoms with Crippen molar-refractivity contribution in [1.29, 1.82) is 0 Å². The average molecular weight is 441 g/mol. The van der Waals surface area contributed by atoms with Crippen LogP contribution in [0.5, 0.6) is 11.5 Å². The highest BCUT2D eigenvalue weighted by Crippen LogP contribution is 2.28. The topological polar surface area (TPSA) is 68.3 Å². The first kappa shape index (κ1) is 23.4. The SMILES string of the molecule is CCOC(=O)N1CCN(C(=O)c2ccc(OC)c(COc3ccccc3C(C)C)c2)CC1. The molecule has 7 heteroatoms. The first-order valence-electron chi connectivity index (χ1n) is 11.0. The molecule has 0 radical (unpaired) electrons. The Hall–Kier alpha value is -3.22. The maximum absolute atomic E-state index is 13.1. The zero-order valence-corrected chi connectivity index (χ0v) is 19.3. The normalized spacial score (nSPS) is 13.8. The summed E-state index contributed by atoms with van der Waals surface area (Å²) in [6, 6.07) is 13.4. The second-order valence-electron chi connectivity index (χ2n) is 7.99. The maximum Gasteiger partial charge on any atom is 0.409 e. The Bertz CT molecular complexity index is 936. The molecule has 0 saturated carbocycles. The number of carbonyl (C=O) groups excluding carboxylic acids is 2. The fourth-order valence-electron chi connectivity index (χ4n) is 3.76. The first-order chi connectivity index (χ1) is 15.4. The number of amides is 2. The number of carbonyl (C=O) groups is 2. The predicted molar refractivity (Wildman–Crippen MR) is 122 cm³/mol. The lowest BCUT2D eigenvalue weighted by atomic mass is 10.0. The summed E-state index contributed by atoms with van der Waals surface area (Å²) in [6.07, 6.45) is -0.329. The molecule has 0 bridgehead atoms. The van der Waals surface area contributed by atoms with E-state index in [1.165, 1.54) is 0 Å². The standard InChI is InChI=1S/C25H32N2O5/c1-5-31-25(29)27-14-12-26(13-15-27)24(28)19-10-11-22(30-4)20(16-19)17-32-23-9-7-6-8-21(23)18(2)3/h6-11,16,18H,5,12-15,17H2,1-4H3. The van der Waals surface area contributed by atoms with E-state index >= 15 is 0 Å². The van der Waals surface area contributed by atoms with Gasteiger partial charge in [-0.3, -0.25) is 4.79 Å². The van der Waals surface area contributed by atoms with Gasteiger partial charge in [-0.15, -0.1) is 0 Å². The second kappa shape index (κ2) is 10.9. The van der Waals surface area contributed by atoms with E-state index in [2.05, 4.69) is 19.9 Å². The Morgan fingerprint density at radius 2 is 1.66 bits per heavy atom. The van der Waals surface area contributed by atoms with Gasteiger partial charge >= 0.3 is 6.09 Å². The zero-order chi connectivity index (χ0) is 23.1. The van der Waals surface area contributed by atoms with E-state index in [0.717, 1.165) is 16.9 Å². The molecule has 3 rings (SSSR count). The van der Waals surface area contributed by atoms with Gasteiger partial charge in [-0.1, -0.05) is 32.0 Å². The number of methoxy groups -OCH3 is 1. The largest absolute Gasteiger partial charge is 0.496 e. The molecule has 1 heterocycles. The number of piperazine rings is 1. The summed E-state index contributed by atoms with van der Waals surface area (Å²) in [5.74, 6) is 1.78. The fraction of sp³-hybridized carbons (Fsp3) is 0.440. The number of ether oxygens (including phenoxy) is 3. The molecule has 0 N–H and O–H groups in total. The van der Waals surface area contributed by atoms with Crippen LogP contribution in [-0.4, -0.2) is 61.7 Å². The highest BCUT2D eigenvalue weighted by Gasteiger charge is 2.26. The van der Waals surface area contributed by atoms with Crippen LogP contribution in [-0.2, 0) is 11.3 Å². The Labute approximate surface area is 189 Å². The van der Waals surface area contributed by atoms with E-state index in [9.17, 15) is 9.59 Å². The van der Waals surface area contributed by atoms with Gasteiger partial charge in [0.2, 0.25) is 0 Å². The third kappa shape index (κ3) is 5.52. The lowest BCUT2D eigenvalue weighted by molar-refractivity contribution is 0.0570. The number of rotatable bonds is 7. The van der Waals surface area contributed by atoms with Crippen LogP contribution in [0.4, 0.5) is 4.79 Å². The van der Waals surface area contributed by atoms with Crippen molar-refractivity contribution >= 4 is 12.0 Å². The van der Waals surface area contributed by atoms with Crippen molar-refractivity contribution < 1.29 is 23.8 Å². The molecule has 2 aromatic rings. The number of para-hydroxylation sites is 1. The Balaban J connectivity index is 1.70. The summed E-state index contributed by atoms with van der Waals surface area (Å²) < 4.78 is 16.6. The zero-order valence-electron chi connectivity index (χ0n) is 19.3. The molecule has 1 fully saturated rings. The summed E-state index contributed by atoms with van der Waals surface area (Å²) in [5.41, 5.74) is 2.52. The highest BCUT2D eigenvalue weighted by molar-refractivity contribution is 5.94. The van der Waals surface area contributed by atoms with Crippen molar-refractivity contribution in [2.24, 2.45) is 0 Å². The lowest BCUT2D eigenvalue weighted by Gasteiger charge is -2.34. The number of nitrogens with zero attached hydrogens (tertiary/aromatic N) is 2. The first-order valence-corrected chi connectivity index (χ1v) is 11.0. The fourth-order valence-corrected chi connectivity index (χ4v) is 3.76. The van der Waals surface area contributed by atoms with Crippen molar-refractivity contribution in [2.45, 2.75) is 33.3 Å². The minimum atomic E-state index is -0.329.